The molecule has 1 aliphatic heterocycles. The highest BCUT2D eigenvalue weighted by atomic mass is 16.2. The van der Waals surface area contributed by atoms with Crippen LogP contribution in [-0.2, 0) is 9.59 Å². The Bertz CT molecular complexity index is 237. The van der Waals surface area contributed by atoms with Crippen LogP contribution in [0.4, 0.5) is 0 Å². The Kier molecular flexibility index (Phi) is 3.67. The van der Waals surface area contributed by atoms with E-state index in [4.69, 9.17) is 0 Å². The Morgan fingerprint density at radius 3 is 2.57 bits per heavy atom. The van der Waals surface area contributed by atoms with E-state index in [1.807, 2.05) is 13.8 Å². The second kappa shape index (κ2) is 4.58. The molecule has 1 aliphatic rings. The molecule has 0 N–H and O–H groups in total. The number of carbonyl (C=O) groups is 2. The second-order valence-corrected chi connectivity index (χ2v) is 4.16. The molecule has 1 fully saturated rings. The number of amides is 1. The van der Waals surface area contributed by atoms with Crippen molar-refractivity contribution in [3.63, 3.8) is 0 Å². The van der Waals surface area contributed by atoms with E-state index < -0.39 is 0 Å². The van der Waals surface area contributed by atoms with Crippen LogP contribution < -0.4 is 0 Å². The van der Waals surface area contributed by atoms with Crippen LogP contribution in [0.15, 0.2) is 0 Å². The summed E-state index contributed by atoms with van der Waals surface area (Å²) in [5.74, 6) is 0.588. The van der Waals surface area contributed by atoms with Gasteiger partial charge in [0.05, 0.1) is 6.04 Å². The van der Waals surface area contributed by atoms with Crippen molar-refractivity contribution in [3.8, 4) is 0 Å². The molecule has 1 rings (SSSR count). The fraction of sp³-hybridized carbons (Fsp3) is 0.818. The summed E-state index contributed by atoms with van der Waals surface area (Å²) in [7, 11) is 0. The Morgan fingerprint density at radius 1 is 1.43 bits per heavy atom. The lowest BCUT2D eigenvalue weighted by atomic mass is 10.00. The predicted octanol–water partition coefficient (Wildman–Crippen LogP) is 1.61. The number of hydrogen-bond donors (Lipinski definition) is 0. The molecule has 0 aromatic heterocycles. The summed E-state index contributed by atoms with van der Waals surface area (Å²) in [5, 5.41) is 0. The molecular formula is C11H19NO2. The van der Waals surface area contributed by atoms with E-state index in [1.165, 1.54) is 0 Å². The number of rotatable bonds is 3. The van der Waals surface area contributed by atoms with Gasteiger partial charge in [0.2, 0.25) is 5.91 Å². The molecule has 0 spiro atoms. The summed E-state index contributed by atoms with van der Waals surface area (Å²) in [5.41, 5.74) is 0. The summed E-state index contributed by atoms with van der Waals surface area (Å²) in [6, 6.07) is -0.158. The summed E-state index contributed by atoms with van der Waals surface area (Å²) in [4.78, 5) is 24.8. The summed E-state index contributed by atoms with van der Waals surface area (Å²) in [6.45, 7) is 6.37. The van der Waals surface area contributed by atoms with Crippen molar-refractivity contribution in [2.24, 2.45) is 5.92 Å². The molecule has 3 heteroatoms. The third-order valence-corrected chi connectivity index (χ3v) is 2.90. The van der Waals surface area contributed by atoms with Gasteiger partial charge in [-0.1, -0.05) is 13.8 Å². The quantitative estimate of drug-likeness (QED) is 0.689. The van der Waals surface area contributed by atoms with Crippen molar-refractivity contribution in [1.29, 1.82) is 0 Å². The van der Waals surface area contributed by atoms with Crippen LogP contribution in [0.3, 0.4) is 0 Å². The lowest BCUT2D eigenvalue weighted by molar-refractivity contribution is -0.137. The van der Waals surface area contributed by atoms with Crippen LogP contribution in [0.1, 0.15) is 40.0 Å². The van der Waals surface area contributed by atoms with Crippen molar-refractivity contribution in [2.75, 3.05) is 6.54 Å². The highest BCUT2D eigenvalue weighted by Crippen LogP contribution is 2.25. The molecule has 80 valence electrons. The average Bonchev–Trinajstić information content (AvgIpc) is 2.47. The number of nitrogens with zero attached hydrogens (tertiary/aromatic N) is 1. The van der Waals surface area contributed by atoms with Crippen molar-refractivity contribution < 1.29 is 9.59 Å². The second-order valence-electron chi connectivity index (χ2n) is 4.16. The van der Waals surface area contributed by atoms with E-state index in [0.717, 1.165) is 19.4 Å². The third kappa shape index (κ3) is 2.14. The predicted molar refractivity (Wildman–Crippen MR) is 54.9 cm³/mol. The molecule has 1 saturated heterocycles. The van der Waals surface area contributed by atoms with Gasteiger partial charge in [-0.2, -0.15) is 0 Å². The molecule has 0 radical (unpaired) electrons. The van der Waals surface area contributed by atoms with Gasteiger partial charge < -0.3 is 4.90 Å². The molecule has 0 bridgehead atoms. The first-order valence-corrected chi connectivity index (χ1v) is 5.37. The Labute approximate surface area is 85.5 Å². The van der Waals surface area contributed by atoms with Gasteiger partial charge >= 0.3 is 0 Å². The van der Waals surface area contributed by atoms with Gasteiger partial charge in [0, 0.05) is 13.0 Å². The lowest BCUT2D eigenvalue weighted by Gasteiger charge is -2.24. The van der Waals surface area contributed by atoms with E-state index in [1.54, 1.807) is 11.8 Å². The zero-order valence-corrected chi connectivity index (χ0v) is 9.25. The smallest absolute Gasteiger partial charge is 0.223 e. The van der Waals surface area contributed by atoms with Gasteiger partial charge in [-0.15, -0.1) is 0 Å². The van der Waals surface area contributed by atoms with Gasteiger partial charge in [0.25, 0.3) is 0 Å². The maximum atomic E-state index is 11.7. The van der Waals surface area contributed by atoms with Crippen LogP contribution in [0.2, 0.25) is 0 Å². The Morgan fingerprint density at radius 2 is 2.07 bits per heavy atom. The van der Waals surface area contributed by atoms with Crippen molar-refractivity contribution in [1.82, 2.24) is 4.90 Å². The minimum absolute atomic E-state index is 0.124. The summed E-state index contributed by atoms with van der Waals surface area (Å²) < 4.78 is 0. The van der Waals surface area contributed by atoms with Crippen LogP contribution >= 0.6 is 0 Å². The third-order valence-electron chi connectivity index (χ3n) is 2.90. The highest BCUT2D eigenvalue weighted by molar-refractivity contribution is 5.88. The Hall–Kier alpha value is -0.860. The molecule has 0 aliphatic carbocycles. The average molecular weight is 197 g/mol. The molecule has 14 heavy (non-hydrogen) atoms. The molecule has 2 unspecified atom stereocenters. The van der Waals surface area contributed by atoms with Crippen LogP contribution in [0.25, 0.3) is 0 Å². The summed E-state index contributed by atoms with van der Waals surface area (Å²) in [6.07, 6.45) is 2.38. The van der Waals surface area contributed by atoms with Crippen LogP contribution in [-0.4, -0.2) is 29.2 Å². The van der Waals surface area contributed by atoms with E-state index in [-0.39, 0.29) is 17.7 Å². The number of likely N-dealkylation sites (tertiary alicyclic amines) is 1. The molecule has 1 amide bonds. The first-order chi connectivity index (χ1) is 6.57. The molecule has 0 aromatic rings. The van der Waals surface area contributed by atoms with Crippen LogP contribution in [0.5, 0.6) is 0 Å². The van der Waals surface area contributed by atoms with Gasteiger partial charge in [-0.3, -0.25) is 9.59 Å². The zero-order chi connectivity index (χ0) is 10.7. The normalized spacial score (nSPS) is 26.6. The van der Waals surface area contributed by atoms with Crippen molar-refractivity contribution >= 4 is 11.7 Å². The number of Topliss-reactive ketones (excluding diaryl/α,β-unsaturated/α-hetero) is 1. The van der Waals surface area contributed by atoms with E-state index in [0.29, 0.717) is 12.3 Å². The topological polar surface area (TPSA) is 37.4 Å². The summed E-state index contributed by atoms with van der Waals surface area (Å²) >= 11 is 0. The monoisotopic (exact) mass is 197 g/mol. The SMILES string of the molecule is CCCC(=O)N1CCC(C)C1C(C)=O. The lowest BCUT2D eigenvalue weighted by Crippen LogP contribution is -2.41. The Balaban J connectivity index is 2.69. The van der Waals surface area contributed by atoms with E-state index in [2.05, 4.69) is 0 Å². The van der Waals surface area contributed by atoms with Crippen molar-refractivity contribution in [3.05, 3.63) is 0 Å². The largest absolute Gasteiger partial charge is 0.332 e. The minimum Gasteiger partial charge on any atom is -0.332 e. The first kappa shape index (κ1) is 11.2. The van der Waals surface area contributed by atoms with Gasteiger partial charge in [0.15, 0.2) is 5.78 Å². The maximum Gasteiger partial charge on any atom is 0.223 e. The first-order valence-electron chi connectivity index (χ1n) is 5.37. The number of hydrogen-bond acceptors (Lipinski definition) is 2. The fourth-order valence-corrected chi connectivity index (χ4v) is 2.20. The minimum atomic E-state index is -0.158. The van der Waals surface area contributed by atoms with Crippen molar-refractivity contribution in [2.45, 2.75) is 46.1 Å². The molecule has 0 saturated carbocycles. The fourth-order valence-electron chi connectivity index (χ4n) is 2.20. The molecule has 3 nitrogen and oxygen atoms in total. The van der Waals surface area contributed by atoms with Crippen LogP contribution in [0, 0.1) is 5.92 Å². The van der Waals surface area contributed by atoms with Gasteiger partial charge in [-0.05, 0) is 25.7 Å². The van der Waals surface area contributed by atoms with Gasteiger partial charge in [-0.25, -0.2) is 0 Å². The molecule has 2 atom stereocenters. The highest BCUT2D eigenvalue weighted by Gasteiger charge is 2.36. The van der Waals surface area contributed by atoms with E-state index in [9.17, 15) is 9.59 Å². The van der Waals surface area contributed by atoms with E-state index >= 15 is 0 Å². The number of ketones is 1. The standard InChI is InChI=1S/C11H19NO2/c1-4-5-10(14)12-7-6-8(2)11(12)9(3)13/h8,11H,4-7H2,1-3H3. The molecular weight excluding hydrogens is 178 g/mol. The zero-order valence-electron chi connectivity index (χ0n) is 9.25. The maximum absolute atomic E-state index is 11.7. The molecule has 1 heterocycles. The van der Waals surface area contributed by atoms with Gasteiger partial charge in [0.1, 0.15) is 0 Å². The molecule has 0 aromatic carbocycles. The number of carbonyl (C=O) groups excluding carboxylic acids is 2.